The molecular formula is C19H36N4O10. The van der Waals surface area contributed by atoms with Crippen LogP contribution in [0.4, 0.5) is 0 Å². The largest absolute Gasteiger partial charge is 0.394 e. The van der Waals surface area contributed by atoms with Gasteiger partial charge in [-0.15, -0.1) is 0 Å². The molecule has 0 aromatic heterocycles. The monoisotopic (exact) mass is 480 g/mol. The van der Waals surface area contributed by atoms with E-state index in [-0.39, 0.29) is 6.42 Å². The van der Waals surface area contributed by atoms with Crippen LogP contribution in [0.25, 0.3) is 0 Å². The van der Waals surface area contributed by atoms with Gasteiger partial charge in [0.25, 0.3) is 0 Å². The third kappa shape index (κ3) is 5.23. The van der Waals surface area contributed by atoms with E-state index in [1.807, 2.05) is 0 Å². The summed E-state index contributed by atoms with van der Waals surface area (Å²) in [6.45, 7) is 4.44. The van der Waals surface area contributed by atoms with Crippen LogP contribution in [0.5, 0.6) is 0 Å². The lowest BCUT2D eigenvalue weighted by atomic mass is 9.84. The molecule has 1 saturated carbocycles. The van der Waals surface area contributed by atoms with Crippen LogP contribution in [0.1, 0.15) is 13.3 Å². The van der Waals surface area contributed by atoms with E-state index >= 15 is 0 Å². The number of ether oxygens (including phenoxy) is 4. The topological polar surface area (TPSA) is 249 Å². The minimum absolute atomic E-state index is 0.138. The SMILES string of the molecule is C=N[C@H](C)[C@H]1O[C@@H](OC2[C@H](O[C@H]3OC(CO)[C@@H](O)[C@H](O)C3N)C(N)C[C@@H](N)[C@H]2O)[C@@H](O)C1O. The fraction of sp³-hybridized carbons (Fsp3) is 0.947. The maximum Gasteiger partial charge on any atom is 0.187 e. The number of hydrogen-bond donors (Lipinski definition) is 9. The summed E-state index contributed by atoms with van der Waals surface area (Å²) < 4.78 is 22.8. The maximum atomic E-state index is 10.7. The first-order valence-corrected chi connectivity index (χ1v) is 10.9. The smallest absolute Gasteiger partial charge is 0.187 e. The number of aliphatic hydroxyl groups is 6. The summed E-state index contributed by atoms with van der Waals surface area (Å²) in [5, 5.41) is 61.1. The molecule has 0 spiro atoms. The van der Waals surface area contributed by atoms with Crippen molar-refractivity contribution in [1.29, 1.82) is 0 Å². The predicted octanol–water partition coefficient (Wildman–Crippen LogP) is -5.52. The molecular weight excluding hydrogens is 444 g/mol. The molecule has 14 nitrogen and oxygen atoms in total. The van der Waals surface area contributed by atoms with Gasteiger partial charge in [-0.05, 0) is 20.1 Å². The molecule has 3 rings (SSSR count). The lowest BCUT2D eigenvalue weighted by Crippen LogP contribution is -2.68. The Morgan fingerprint density at radius 1 is 0.879 bits per heavy atom. The van der Waals surface area contributed by atoms with E-state index < -0.39 is 98.3 Å². The minimum atomic E-state index is -1.47. The Morgan fingerprint density at radius 2 is 1.52 bits per heavy atom. The average Bonchev–Trinajstić information content (AvgIpc) is 3.07. The van der Waals surface area contributed by atoms with Crippen molar-refractivity contribution < 1.29 is 49.6 Å². The van der Waals surface area contributed by atoms with Crippen LogP contribution in [-0.2, 0) is 18.9 Å². The lowest BCUT2D eigenvalue weighted by Gasteiger charge is -2.47. The molecule has 0 bridgehead atoms. The molecule has 3 aliphatic rings. The number of nitrogens with zero attached hydrogens (tertiary/aromatic N) is 1. The van der Waals surface area contributed by atoms with Gasteiger partial charge in [0.05, 0.1) is 24.8 Å². The number of aliphatic imine (C=N–C) groups is 1. The van der Waals surface area contributed by atoms with Crippen molar-refractivity contribution in [2.45, 2.75) is 105 Å². The second-order valence-electron chi connectivity index (χ2n) is 8.91. The van der Waals surface area contributed by atoms with Crippen LogP contribution in [0, 0.1) is 0 Å². The third-order valence-electron chi connectivity index (χ3n) is 6.60. The Kier molecular flexibility index (Phi) is 8.77. The third-order valence-corrected chi connectivity index (χ3v) is 6.60. The second-order valence-corrected chi connectivity index (χ2v) is 8.91. The number of aliphatic hydroxyl groups excluding tert-OH is 6. The zero-order valence-corrected chi connectivity index (χ0v) is 18.3. The predicted molar refractivity (Wildman–Crippen MR) is 112 cm³/mol. The molecule has 0 amide bonds. The molecule has 0 aromatic carbocycles. The summed E-state index contributed by atoms with van der Waals surface area (Å²) in [5.74, 6) is 0. The molecule has 14 heteroatoms. The molecule has 0 aromatic rings. The molecule has 12 N–H and O–H groups in total. The van der Waals surface area contributed by atoms with Gasteiger partial charge in [0, 0.05) is 12.1 Å². The molecule has 2 saturated heterocycles. The molecule has 2 heterocycles. The van der Waals surface area contributed by atoms with E-state index in [1.54, 1.807) is 6.92 Å². The molecule has 2 aliphatic heterocycles. The van der Waals surface area contributed by atoms with Crippen LogP contribution in [-0.4, -0.2) is 136 Å². The van der Waals surface area contributed by atoms with Crippen LogP contribution < -0.4 is 17.2 Å². The first-order valence-electron chi connectivity index (χ1n) is 10.9. The van der Waals surface area contributed by atoms with Crippen molar-refractivity contribution in [3.63, 3.8) is 0 Å². The van der Waals surface area contributed by atoms with Crippen molar-refractivity contribution >= 4 is 6.72 Å². The Bertz CT molecular complexity index is 662. The standard InChI is InChI=1S/C19H36N4O10/c1-5(23-2)15-13(28)14(29)19(31-15)33-17-10(25)6(20)3-7(21)16(17)32-18-9(22)12(27)11(26)8(4-24)30-18/h5-19,24-29H,2-4,20-22H2,1H3/t5-,6-,7?,8?,9?,10-,11-,12-,13?,14+,15-,16-,17?,18-,19+/m1/s1. The van der Waals surface area contributed by atoms with Crippen LogP contribution in [0.3, 0.4) is 0 Å². The summed E-state index contributed by atoms with van der Waals surface area (Å²) >= 11 is 0. The van der Waals surface area contributed by atoms with Crippen LogP contribution in [0.2, 0.25) is 0 Å². The first-order chi connectivity index (χ1) is 15.5. The van der Waals surface area contributed by atoms with E-state index in [0.717, 1.165) is 0 Å². The highest BCUT2D eigenvalue weighted by atomic mass is 16.7. The van der Waals surface area contributed by atoms with E-state index in [0.29, 0.717) is 0 Å². The fourth-order valence-electron chi connectivity index (χ4n) is 4.43. The van der Waals surface area contributed by atoms with Gasteiger partial charge in [0.15, 0.2) is 12.6 Å². The lowest BCUT2D eigenvalue weighted by molar-refractivity contribution is -0.310. The van der Waals surface area contributed by atoms with Gasteiger partial charge in [-0.2, -0.15) is 0 Å². The van der Waals surface area contributed by atoms with Crippen molar-refractivity contribution in [2.24, 2.45) is 22.2 Å². The molecule has 192 valence electrons. The Hall–Kier alpha value is -0.850. The van der Waals surface area contributed by atoms with Crippen molar-refractivity contribution in [3.05, 3.63) is 0 Å². The summed E-state index contributed by atoms with van der Waals surface area (Å²) in [7, 11) is 0. The van der Waals surface area contributed by atoms with Crippen LogP contribution in [0.15, 0.2) is 4.99 Å². The summed E-state index contributed by atoms with van der Waals surface area (Å²) in [4.78, 5) is 3.79. The molecule has 0 radical (unpaired) electrons. The molecule has 15 atom stereocenters. The van der Waals surface area contributed by atoms with Crippen molar-refractivity contribution in [3.8, 4) is 0 Å². The molecule has 5 unspecified atom stereocenters. The zero-order chi connectivity index (χ0) is 24.6. The fourth-order valence-corrected chi connectivity index (χ4v) is 4.43. The van der Waals surface area contributed by atoms with E-state index in [1.165, 1.54) is 0 Å². The Balaban J connectivity index is 1.79. The normalized spacial score (nSPS) is 51.9. The van der Waals surface area contributed by atoms with E-state index in [4.69, 9.17) is 36.1 Å². The Labute approximate surface area is 190 Å². The van der Waals surface area contributed by atoms with Gasteiger partial charge in [-0.3, -0.25) is 4.99 Å². The van der Waals surface area contributed by atoms with Gasteiger partial charge < -0.3 is 66.8 Å². The number of nitrogens with two attached hydrogens (primary N) is 3. The molecule has 3 fully saturated rings. The molecule has 33 heavy (non-hydrogen) atoms. The van der Waals surface area contributed by atoms with Gasteiger partial charge in [-0.1, -0.05) is 0 Å². The van der Waals surface area contributed by atoms with E-state index in [2.05, 4.69) is 11.7 Å². The highest BCUT2D eigenvalue weighted by Crippen LogP contribution is 2.33. The Morgan fingerprint density at radius 3 is 2.12 bits per heavy atom. The second kappa shape index (κ2) is 10.8. The summed E-state index contributed by atoms with van der Waals surface area (Å²) in [6.07, 6.45) is -13.9. The summed E-state index contributed by atoms with van der Waals surface area (Å²) in [5.41, 5.74) is 18.2. The quantitative estimate of drug-likeness (QED) is 0.154. The van der Waals surface area contributed by atoms with Gasteiger partial charge >= 0.3 is 0 Å². The number of rotatable bonds is 7. The van der Waals surface area contributed by atoms with E-state index in [9.17, 15) is 30.6 Å². The molecule has 1 aliphatic carbocycles. The highest BCUT2D eigenvalue weighted by Gasteiger charge is 2.52. The zero-order valence-electron chi connectivity index (χ0n) is 18.3. The number of hydrogen-bond acceptors (Lipinski definition) is 14. The maximum absolute atomic E-state index is 10.7. The average molecular weight is 481 g/mol. The summed E-state index contributed by atoms with van der Waals surface area (Å²) in [6, 6.07) is -3.33. The minimum Gasteiger partial charge on any atom is -0.394 e. The van der Waals surface area contributed by atoms with Gasteiger partial charge in [0.1, 0.15) is 48.8 Å². The highest BCUT2D eigenvalue weighted by molar-refractivity contribution is 5.24. The van der Waals surface area contributed by atoms with Crippen molar-refractivity contribution in [1.82, 2.24) is 0 Å². The van der Waals surface area contributed by atoms with Gasteiger partial charge in [-0.25, -0.2) is 0 Å². The van der Waals surface area contributed by atoms with Crippen molar-refractivity contribution in [2.75, 3.05) is 6.61 Å². The van der Waals surface area contributed by atoms with Crippen LogP contribution >= 0.6 is 0 Å². The van der Waals surface area contributed by atoms with Gasteiger partial charge in [0.2, 0.25) is 0 Å². The first kappa shape index (κ1) is 26.7.